The number of ether oxygens (including phenoxy) is 2. The molecule has 0 bridgehead atoms. The molecule has 0 saturated carbocycles. The maximum Gasteiger partial charge on any atom is 0.304 e. The van der Waals surface area contributed by atoms with Crippen LogP contribution in [0.25, 0.3) is 33.8 Å². The lowest BCUT2D eigenvalue weighted by Crippen LogP contribution is -2.06. The molecular formula is C23H19N7O2. The lowest BCUT2D eigenvalue weighted by molar-refractivity contribution is 0.185. The quantitative estimate of drug-likeness (QED) is 0.403. The summed E-state index contributed by atoms with van der Waals surface area (Å²) in [5.74, 6) is 1.48. The highest BCUT2D eigenvalue weighted by Crippen LogP contribution is 2.28. The molecule has 9 heteroatoms. The number of pyridine rings is 2. The van der Waals surface area contributed by atoms with Gasteiger partial charge in [-0.1, -0.05) is 0 Å². The Hall–Kier alpha value is -4.24. The molecule has 0 amide bonds. The van der Waals surface area contributed by atoms with Crippen LogP contribution in [0.15, 0.2) is 73.3 Å². The smallest absolute Gasteiger partial charge is 0.304 e. The maximum atomic E-state index is 6.13. The van der Waals surface area contributed by atoms with Gasteiger partial charge < -0.3 is 9.47 Å². The van der Waals surface area contributed by atoms with Gasteiger partial charge in [-0.15, -0.1) is 0 Å². The van der Waals surface area contributed by atoms with Crippen molar-refractivity contribution >= 4 is 28.1 Å². The average molecular weight is 425 g/mol. The molecule has 0 unspecified atom stereocenters. The predicted octanol–water partition coefficient (Wildman–Crippen LogP) is 3.86. The second-order valence-corrected chi connectivity index (χ2v) is 7.26. The van der Waals surface area contributed by atoms with Crippen molar-refractivity contribution in [2.75, 3.05) is 13.7 Å². The number of methoxy groups -OCH3 is 1. The molecule has 6 aromatic rings. The Morgan fingerprint density at radius 2 is 1.69 bits per heavy atom. The zero-order chi connectivity index (χ0) is 21.5. The summed E-state index contributed by atoms with van der Waals surface area (Å²) in [6.07, 6.45) is 7.26. The van der Waals surface area contributed by atoms with Crippen LogP contribution < -0.4 is 4.74 Å². The second-order valence-electron chi connectivity index (χ2n) is 7.26. The van der Waals surface area contributed by atoms with E-state index in [4.69, 9.17) is 9.47 Å². The highest BCUT2D eigenvalue weighted by molar-refractivity contribution is 5.79. The van der Waals surface area contributed by atoms with Gasteiger partial charge in [0, 0.05) is 31.9 Å². The van der Waals surface area contributed by atoms with Crippen LogP contribution in [-0.2, 0) is 11.3 Å². The van der Waals surface area contributed by atoms with Crippen molar-refractivity contribution in [1.29, 1.82) is 0 Å². The fourth-order valence-corrected chi connectivity index (χ4v) is 3.90. The number of imidazole rings is 3. The number of hydrogen-bond donors (Lipinski definition) is 0. The first-order valence-electron chi connectivity index (χ1n) is 10.2. The third-order valence-corrected chi connectivity index (χ3v) is 5.35. The minimum atomic E-state index is 0.479. The van der Waals surface area contributed by atoms with Gasteiger partial charge in [0.1, 0.15) is 11.3 Å². The van der Waals surface area contributed by atoms with Crippen molar-refractivity contribution in [2.24, 2.45) is 0 Å². The highest BCUT2D eigenvalue weighted by atomic mass is 16.5. The molecule has 0 spiro atoms. The van der Waals surface area contributed by atoms with Crippen molar-refractivity contribution in [3.63, 3.8) is 0 Å². The summed E-state index contributed by atoms with van der Waals surface area (Å²) in [5, 5.41) is 0. The zero-order valence-electron chi connectivity index (χ0n) is 17.3. The van der Waals surface area contributed by atoms with Gasteiger partial charge >= 0.3 is 6.01 Å². The summed E-state index contributed by atoms with van der Waals surface area (Å²) in [4.78, 5) is 18.1. The van der Waals surface area contributed by atoms with E-state index in [9.17, 15) is 0 Å². The van der Waals surface area contributed by atoms with Crippen molar-refractivity contribution in [2.45, 2.75) is 6.54 Å². The molecule has 0 saturated heterocycles. The van der Waals surface area contributed by atoms with Crippen LogP contribution in [0.5, 0.6) is 11.8 Å². The summed E-state index contributed by atoms with van der Waals surface area (Å²) >= 11 is 0. The van der Waals surface area contributed by atoms with Gasteiger partial charge in [-0.25, -0.2) is 15.0 Å². The van der Waals surface area contributed by atoms with Gasteiger partial charge in [0.25, 0.3) is 0 Å². The first kappa shape index (κ1) is 18.5. The Morgan fingerprint density at radius 3 is 2.53 bits per heavy atom. The van der Waals surface area contributed by atoms with Crippen LogP contribution in [0.3, 0.4) is 0 Å². The molecule has 5 aromatic heterocycles. The van der Waals surface area contributed by atoms with Crippen molar-refractivity contribution < 1.29 is 9.47 Å². The van der Waals surface area contributed by atoms with E-state index in [1.54, 1.807) is 25.7 Å². The average Bonchev–Trinajstić information content (AvgIpc) is 3.51. The van der Waals surface area contributed by atoms with Crippen LogP contribution in [0.2, 0.25) is 0 Å². The van der Waals surface area contributed by atoms with Gasteiger partial charge in [-0.3, -0.25) is 13.5 Å². The number of rotatable bonds is 6. The molecule has 0 atom stereocenters. The van der Waals surface area contributed by atoms with Gasteiger partial charge in [-0.2, -0.15) is 4.98 Å². The first-order chi connectivity index (χ1) is 15.8. The topological polar surface area (TPSA) is 84.3 Å². The molecule has 9 nitrogen and oxygen atoms in total. The molecule has 158 valence electrons. The van der Waals surface area contributed by atoms with Crippen LogP contribution in [-0.4, -0.2) is 47.2 Å². The molecular weight excluding hydrogens is 406 g/mol. The molecule has 0 aliphatic carbocycles. The molecule has 0 aliphatic rings. The van der Waals surface area contributed by atoms with E-state index in [0.717, 1.165) is 33.8 Å². The Bertz CT molecular complexity index is 1550. The number of hydrogen-bond acceptors (Lipinski definition) is 6. The van der Waals surface area contributed by atoms with Crippen LogP contribution >= 0.6 is 0 Å². The van der Waals surface area contributed by atoms with E-state index < -0.39 is 0 Å². The lowest BCUT2D eigenvalue weighted by atomic mass is 10.3. The maximum absolute atomic E-state index is 6.13. The van der Waals surface area contributed by atoms with Crippen molar-refractivity contribution in [3.8, 4) is 17.4 Å². The van der Waals surface area contributed by atoms with Crippen LogP contribution in [0.4, 0.5) is 0 Å². The number of benzene rings is 1. The van der Waals surface area contributed by atoms with E-state index in [0.29, 0.717) is 24.9 Å². The van der Waals surface area contributed by atoms with E-state index in [1.165, 1.54) is 0 Å². The normalized spacial score (nSPS) is 11.7. The first-order valence-corrected chi connectivity index (χ1v) is 10.2. The Balaban J connectivity index is 1.37. The van der Waals surface area contributed by atoms with E-state index in [-0.39, 0.29) is 0 Å². The molecule has 32 heavy (non-hydrogen) atoms. The van der Waals surface area contributed by atoms with E-state index in [2.05, 4.69) is 19.9 Å². The summed E-state index contributed by atoms with van der Waals surface area (Å²) < 4.78 is 17.3. The van der Waals surface area contributed by atoms with Crippen molar-refractivity contribution in [1.82, 2.24) is 33.5 Å². The predicted molar refractivity (Wildman–Crippen MR) is 119 cm³/mol. The highest BCUT2D eigenvalue weighted by Gasteiger charge is 2.16. The number of nitrogens with zero attached hydrogens (tertiary/aromatic N) is 7. The zero-order valence-corrected chi connectivity index (χ0v) is 17.3. The van der Waals surface area contributed by atoms with Crippen LogP contribution in [0.1, 0.15) is 0 Å². The SMILES string of the molecule is COCCn1c(Oc2ccc(-n3c4ncccc4n4ccnc34)cc2)nc2cccnc21. The molecule has 6 rings (SSSR count). The third-order valence-electron chi connectivity index (χ3n) is 5.35. The lowest BCUT2D eigenvalue weighted by Gasteiger charge is -2.10. The molecule has 0 radical (unpaired) electrons. The fraction of sp³-hybridized carbons (Fsp3) is 0.130. The van der Waals surface area contributed by atoms with E-state index in [1.807, 2.05) is 68.3 Å². The molecule has 5 heterocycles. The third kappa shape index (κ3) is 2.90. The van der Waals surface area contributed by atoms with Gasteiger partial charge in [-0.05, 0) is 48.5 Å². The minimum Gasteiger partial charge on any atom is -0.425 e. The largest absolute Gasteiger partial charge is 0.425 e. The summed E-state index contributed by atoms with van der Waals surface area (Å²) in [6, 6.07) is 16.0. The van der Waals surface area contributed by atoms with E-state index >= 15 is 0 Å². The van der Waals surface area contributed by atoms with Gasteiger partial charge in [0.2, 0.25) is 5.78 Å². The fourth-order valence-electron chi connectivity index (χ4n) is 3.90. The molecule has 1 aromatic carbocycles. The number of aromatic nitrogens is 7. The monoisotopic (exact) mass is 425 g/mol. The summed E-state index contributed by atoms with van der Waals surface area (Å²) in [7, 11) is 1.67. The molecule has 0 fully saturated rings. The molecule has 0 N–H and O–H groups in total. The standard InChI is InChI=1S/C23H19N7O2/c1-31-15-14-29-20-18(4-2-10-24-20)27-23(29)32-17-8-6-16(7-9-17)30-21-19(5-3-11-25-21)28-13-12-26-22(28)30/h2-13H,14-15H2,1H3. The summed E-state index contributed by atoms with van der Waals surface area (Å²) in [6.45, 7) is 1.13. The molecule has 0 aliphatic heterocycles. The Morgan fingerprint density at radius 1 is 0.875 bits per heavy atom. The minimum absolute atomic E-state index is 0.479. The van der Waals surface area contributed by atoms with Gasteiger partial charge in [0.05, 0.1) is 24.4 Å². The van der Waals surface area contributed by atoms with Crippen LogP contribution in [0, 0.1) is 0 Å². The second kappa shape index (κ2) is 7.47. The Kier molecular flexibility index (Phi) is 4.32. The Labute approximate surface area is 182 Å². The van der Waals surface area contributed by atoms with Gasteiger partial charge in [0.15, 0.2) is 11.3 Å². The van der Waals surface area contributed by atoms with Crippen molar-refractivity contribution in [3.05, 3.63) is 73.3 Å². The summed E-state index contributed by atoms with van der Waals surface area (Å²) in [5.41, 5.74) is 4.33. The number of fused-ring (bicyclic) bond motifs is 4.